The van der Waals surface area contributed by atoms with E-state index >= 15 is 0 Å². The molecule has 35 heavy (non-hydrogen) atoms. The summed E-state index contributed by atoms with van der Waals surface area (Å²) in [5.41, 5.74) is 2.81. The Morgan fingerprint density at radius 1 is 1.06 bits per heavy atom. The lowest BCUT2D eigenvalue weighted by Crippen LogP contribution is -2.77. The lowest BCUT2D eigenvalue weighted by Gasteiger charge is -2.61. The third-order valence-electron chi connectivity index (χ3n) is 8.58. The summed E-state index contributed by atoms with van der Waals surface area (Å²) < 4.78 is 0. The van der Waals surface area contributed by atoms with Crippen molar-refractivity contribution < 1.29 is 9.59 Å². The standard InChI is InChI=1S/C30H39N3O2/c1-20(2)17-32-19-26-15-25-18-33(22(4)34)30(26,28(32)27(25)14-23-10-6-5-7-11-23)29(35)31-16-24-12-8-9-21(3)13-24/h5-13,20,25-28H,14-19H2,1-4H3,(H,31,35)/t25-,26-,27+,28-,30-/m0/s1. The minimum absolute atomic E-state index is 0.0277. The summed E-state index contributed by atoms with van der Waals surface area (Å²) in [5.74, 6) is 1.53. The van der Waals surface area contributed by atoms with E-state index in [9.17, 15) is 9.59 Å². The van der Waals surface area contributed by atoms with Crippen LogP contribution >= 0.6 is 0 Å². The molecule has 0 aromatic heterocycles. The van der Waals surface area contributed by atoms with E-state index in [4.69, 9.17) is 0 Å². The number of carbonyl (C=O) groups is 2. The Morgan fingerprint density at radius 3 is 2.49 bits per heavy atom. The topological polar surface area (TPSA) is 52.7 Å². The van der Waals surface area contributed by atoms with Crippen molar-refractivity contribution in [3.05, 3.63) is 71.3 Å². The number of aryl methyl sites for hydroxylation is 1. The van der Waals surface area contributed by atoms with Gasteiger partial charge in [0.25, 0.3) is 0 Å². The van der Waals surface area contributed by atoms with Gasteiger partial charge in [0.1, 0.15) is 5.54 Å². The van der Waals surface area contributed by atoms with Crippen LogP contribution in [0.15, 0.2) is 54.6 Å². The van der Waals surface area contributed by atoms with E-state index in [0.717, 1.165) is 31.5 Å². The first-order chi connectivity index (χ1) is 16.8. The van der Waals surface area contributed by atoms with Crippen molar-refractivity contribution in [2.45, 2.75) is 58.7 Å². The highest BCUT2D eigenvalue weighted by Gasteiger charge is 2.71. The summed E-state index contributed by atoms with van der Waals surface area (Å²) in [6, 6.07) is 19.0. The number of nitrogens with zero attached hydrogens (tertiary/aromatic N) is 2. The fourth-order valence-corrected chi connectivity index (χ4v) is 7.48. The monoisotopic (exact) mass is 473 g/mol. The molecule has 5 heteroatoms. The first kappa shape index (κ1) is 24.1. The van der Waals surface area contributed by atoms with Gasteiger partial charge in [-0.15, -0.1) is 0 Å². The maximum Gasteiger partial charge on any atom is 0.248 e. The Labute approximate surface area is 209 Å². The minimum atomic E-state index is -0.793. The summed E-state index contributed by atoms with van der Waals surface area (Å²) in [7, 11) is 0. The molecule has 4 aliphatic rings. The van der Waals surface area contributed by atoms with Crippen molar-refractivity contribution in [3.63, 3.8) is 0 Å². The number of hydrogen-bond donors (Lipinski definition) is 1. The minimum Gasteiger partial charge on any atom is -0.350 e. The molecule has 6 rings (SSSR count). The molecule has 2 aromatic rings. The van der Waals surface area contributed by atoms with Gasteiger partial charge < -0.3 is 10.2 Å². The number of amides is 2. The Hall–Kier alpha value is -2.66. The zero-order chi connectivity index (χ0) is 24.7. The SMILES string of the molecule is CC(=O)N1C[C@@H]2C[C@H]3CN(CC(C)C)[C@@H]([C@@H]2Cc2ccccc2)[C@]31C(=O)NCc1cccc(C)c1. The highest BCUT2D eigenvalue weighted by molar-refractivity contribution is 5.93. The van der Waals surface area contributed by atoms with Crippen LogP contribution in [0.1, 0.15) is 43.9 Å². The van der Waals surface area contributed by atoms with Crippen molar-refractivity contribution >= 4 is 11.8 Å². The maximum atomic E-state index is 14.3. The van der Waals surface area contributed by atoms with Crippen LogP contribution < -0.4 is 5.32 Å². The molecule has 3 heterocycles. The molecule has 2 amide bonds. The summed E-state index contributed by atoms with van der Waals surface area (Å²) >= 11 is 0. The largest absolute Gasteiger partial charge is 0.350 e. The Kier molecular flexibility index (Phi) is 6.47. The van der Waals surface area contributed by atoms with E-state index in [1.807, 2.05) is 11.0 Å². The normalized spacial score (nSPS) is 29.6. The molecular weight excluding hydrogens is 434 g/mol. The van der Waals surface area contributed by atoms with Gasteiger partial charge in [0.2, 0.25) is 11.8 Å². The zero-order valence-electron chi connectivity index (χ0n) is 21.5. The Morgan fingerprint density at radius 2 is 1.80 bits per heavy atom. The first-order valence-corrected chi connectivity index (χ1v) is 13.2. The van der Waals surface area contributed by atoms with Crippen LogP contribution in [0.4, 0.5) is 0 Å². The Balaban J connectivity index is 1.52. The van der Waals surface area contributed by atoms with Crippen molar-refractivity contribution in [1.29, 1.82) is 0 Å². The van der Waals surface area contributed by atoms with Crippen LogP contribution in [0, 0.1) is 30.6 Å². The van der Waals surface area contributed by atoms with Crippen LogP contribution in [-0.4, -0.2) is 52.8 Å². The number of rotatable bonds is 7. The fraction of sp³-hybridized carbons (Fsp3) is 0.533. The van der Waals surface area contributed by atoms with Crippen molar-refractivity contribution in [2.75, 3.05) is 19.6 Å². The van der Waals surface area contributed by atoms with Crippen LogP contribution in [0.2, 0.25) is 0 Å². The number of hydrogen-bond acceptors (Lipinski definition) is 3. The molecule has 5 atom stereocenters. The van der Waals surface area contributed by atoms with Gasteiger partial charge in [0.05, 0.1) is 0 Å². The second-order valence-electron chi connectivity index (χ2n) is 11.5. The van der Waals surface area contributed by atoms with Crippen LogP contribution in [0.5, 0.6) is 0 Å². The molecule has 2 aromatic carbocycles. The number of piperidine rings is 2. The third-order valence-corrected chi connectivity index (χ3v) is 8.58. The number of likely N-dealkylation sites (tertiary alicyclic amines) is 1. The van der Waals surface area contributed by atoms with E-state index < -0.39 is 5.54 Å². The number of fused-ring (bicyclic) bond motifs is 1. The van der Waals surface area contributed by atoms with E-state index in [1.165, 1.54) is 11.1 Å². The molecule has 3 aliphatic heterocycles. The molecule has 186 valence electrons. The smallest absolute Gasteiger partial charge is 0.248 e. The van der Waals surface area contributed by atoms with E-state index in [-0.39, 0.29) is 23.8 Å². The molecule has 1 saturated carbocycles. The van der Waals surface area contributed by atoms with Gasteiger partial charge in [0, 0.05) is 45.1 Å². The second-order valence-corrected chi connectivity index (χ2v) is 11.5. The molecule has 0 radical (unpaired) electrons. The number of benzene rings is 2. The first-order valence-electron chi connectivity index (χ1n) is 13.2. The molecule has 1 aliphatic carbocycles. The molecule has 3 saturated heterocycles. The zero-order valence-corrected chi connectivity index (χ0v) is 21.5. The molecule has 0 spiro atoms. The van der Waals surface area contributed by atoms with Gasteiger partial charge in [0.15, 0.2) is 0 Å². The highest BCUT2D eigenvalue weighted by Crippen LogP contribution is 2.57. The van der Waals surface area contributed by atoms with Gasteiger partial charge in [-0.2, -0.15) is 0 Å². The summed E-state index contributed by atoms with van der Waals surface area (Å²) in [6.45, 7) is 11.2. The molecule has 0 unspecified atom stereocenters. The van der Waals surface area contributed by atoms with E-state index in [1.54, 1.807) is 6.92 Å². The molecule has 1 N–H and O–H groups in total. The predicted molar refractivity (Wildman–Crippen MR) is 139 cm³/mol. The number of nitrogens with one attached hydrogen (secondary N) is 1. The lowest BCUT2D eigenvalue weighted by molar-refractivity contribution is -0.172. The fourth-order valence-electron chi connectivity index (χ4n) is 7.48. The Bertz CT molecular complexity index is 1080. The second kappa shape index (κ2) is 9.42. The average molecular weight is 474 g/mol. The molecular formula is C30H39N3O2. The molecule has 4 bridgehead atoms. The van der Waals surface area contributed by atoms with E-state index in [0.29, 0.717) is 30.8 Å². The van der Waals surface area contributed by atoms with Gasteiger partial charge in [-0.25, -0.2) is 0 Å². The maximum absolute atomic E-state index is 14.3. The quantitative estimate of drug-likeness (QED) is 0.660. The van der Waals surface area contributed by atoms with Gasteiger partial charge in [-0.3, -0.25) is 14.5 Å². The van der Waals surface area contributed by atoms with Crippen molar-refractivity contribution in [1.82, 2.24) is 15.1 Å². The van der Waals surface area contributed by atoms with Gasteiger partial charge in [-0.1, -0.05) is 74.0 Å². The van der Waals surface area contributed by atoms with Crippen LogP contribution in [-0.2, 0) is 22.6 Å². The lowest BCUT2D eigenvalue weighted by atomic mass is 9.57. The van der Waals surface area contributed by atoms with Gasteiger partial charge >= 0.3 is 0 Å². The van der Waals surface area contributed by atoms with Crippen molar-refractivity contribution in [2.24, 2.45) is 23.7 Å². The number of carbonyl (C=O) groups excluding carboxylic acids is 2. The highest BCUT2D eigenvalue weighted by atomic mass is 16.2. The molecule has 4 fully saturated rings. The third kappa shape index (κ3) is 4.18. The molecule has 5 nitrogen and oxygen atoms in total. The van der Waals surface area contributed by atoms with Crippen molar-refractivity contribution in [3.8, 4) is 0 Å². The summed E-state index contributed by atoms with van der Waals surface area (Å²) in [4.78, 5) is 31.9. The summed E-state index contributed by atoms with van der Waals surface area (Å²) in [6.07, 6.45) is 1.97. The predicted octanol–water partition coefficient (Wildman–Crippen LogP) is 4.05. The van der Waals surface area contributed by atoms with Crippen LogP contribution in [0.25, 0.3) is 0 Å². The van der Waals surface area contributed by atoms with E-state index in [2.05, 4.69) is 79.5 Å². The van der Waals surface area contributed by atoms with Crippen LogP contribution in [0.3, 0.4) is 0 Å². The van der Waals surface area contributed by atoms with Gasteiger partial charge in [-0.05, 0) is 48.6 Å². The summed E-state index contributed by atoms with van der Waals surface area (Å²) in [5, 5.41) is 3.30. The average Bonchev–Trinajstić information content (AvgIpc) is 3.08.